The van der Waals surface area contributed by atoms with E-state index in [0.29, 0.717) is 5.33 Å². The first-order valence-corrected chi connectivity index (χ1v) is 4.60. The Morgan fingerprint density at radius 3 is 2.50 bits per heavy atom. The van der Waals surface area contributed by atoms with E-state index in [1.54, 1.807) is 0 Å². The van der Waals surface area contributed by atoms with Gasteiger partial charge >= 0.3 is 0 Å². The molecular weight excluding hydrogens is 216 g/mol. The molecule has 0 atom stereocenters. The van der Waals surface area contributed by atoms with E-state index in [1.165, 1.54) is 0 Å². The van der Waals surface area contributed by atoms with Crippen LogP contribution in [0, 0.1) is 11.8 Å². The van der Waals surface area contributed by atoms with E-state index in [4.69, 9.17) is 5.84 Å². The van der Waals surface area contributed by atoms with Crippen LogP contribution in [-0.4, -0.2) is 5.33 Å². The molecule has 0 spiro atoms. The summed E-state index contributed by atoms with van der Waals surface area (Å²) in [6.07, 6.45) is 0. The number of nitrogens with two attached hydrogens (primary N) is 1. The van der Waals surface area contributed by atoms with Crippen molar-refractivity contribution in [2.45, 2.75) is 0 Å². The van der Waals surface area contributed by atoms with E-state index < -0.39 is 0 Å². The van der Waals surface area contributed by atoms with Gasteiger partial charge in [0, 0.05) is 11.3 Å². The first-order valence-electron chi connectivity index (χ1n) is 3.48. The van der Waals surface area contributed by atoms with Crippen LogP contribution in [0.4, 0.5) is 5.69 Å². The summed E-state index contributed by atoms with van der Waals surface area (Å²) in [7, 11) is 0. The second kappa shape index (κ2) is 4.81. The highest BCUT2D eigenvalue weighted by Crippen LogP contribution is 2.06. The molecule has 2 nitrogen and oxygen atoms in total. The van der Waals surface area contributed by atoms with Gasteiger partial charge in [-0.2, -0.15) is 0 Å². The van der Waals surface area contributed by atoms with Crippen molar-refractivity contribution >= 4 is 21.6 Å². The summed E-state index contributed by atoms with van der Waals surface area (Å²) < 4.78 is 0. The number of halogens is 1. The maximum atomic E-state index is 5.21. The van der Waals surface area contributed by atoms with Crippen molar-refractivity contribution in [2.75, 3.05) is 10.8 Å². The van der Waals surface area contributed by atoms with Gasteiger partial charge in [0.15, 0.2) is 0 Å². The summed E-state index contributed by atoms with van der Waals surface area (Å²) in [4.78, 5) is 0. The Labute approximate surface area is 80.3 Å². The summed E-state index contributed by atoms with van der Waals surface area (Å²) in [5.74, 6) is 11.1. The second-order valence-corrected chi connectivity index (χ2v) is 2.72. The molecule has 0 unspecified atom stereocenters. The minimum absolute atomic E-state index is 0.698. The van der Waals surface area contributed by atoms with Crippen LogP contribution in [0.5, 0.6) is 0 Å². The smallest absolute Gasteiger partial charge is 0.0649 e. The molecule has 62 valence electrons. The predicted octanol–water partition coefficient (Wildman–Crippen LogP) is 1.72. The molecule has 0 aliphatic rings. The van der Waals surface area contributed by atoms with Crippen molar-refractivity contribution in [3.63, 3.8) is 0 Å². The topological polar surface area (TPSA) is 38.0 Å². The number of hydrazine groups is 1. The largest absolute Gasteiger partial charge is 0.324 e. The molecular formula is C9H9BrN2. The van der Waals surface area contributed by atoms with Crippen LogP contribution >= 0.6 is 15.9 Å². The highest BCUT2D eigenvalue weighted by Gasteiger charge is 1.87. The van der Waals surface area contributed by atoms with Gasteiger partial charge in [-0.15, -0.1) is 0 Å². The van der Waals surface area contributed by atoms with Crippen LogP contribution < -0.4 is 11.3 Å². The summed E-state index contributed by atoms with van der Waals surface area (Å²) in [5, 5.41) is 0.698. The first-order chi connectivity index (χ1) is 5.86. The highest BCUT2D eigenvalue weighted by molar-refractivity contribution is 9.09. The third kappa shape index (κ3) is 2.57. The molecule has 0 fully saturated rings. The Balaban J connectivity index is 2.78. The average molecular weight is 225 g/mol. The molecule has 0 saturated carbocycles. The van der Waals surface area contributed by atoms with E-state index in [1.807, 2.05) is 24.3 Å². The van der Waals surface area contributed by atoms with Crippen molar-refractivity contribution in [2.24, 2.45) is 5.84 Å². The Bertz CT molecular complexity index is 295. The maximum Gasteiger partial charge on any atom is 0.0649 e. The zero-order valence-corrected chi connectivity index (χ0v) is 8.06. The fourth-order valence-electron chi connectivity index (χ4n) is 0.785. The van der Waals surface area contributed by atoms with Gasteiger partial charge in [0.2, 0.25) is 0 Å². The van der Waals surface area contributed by atoms with Gasteiger partial charge in [-0.05, 0) is 24.3 Å². The zero-order chi connectivity index (χ0) is 8.81. The molecule has 1 aromatic rings. The lowest BCUT2D eigenvalue weighted by molar-refractivity contribution is 1.35. The maximum absolute atomic E-state index is 5.21. The number of nitrogens with one attached hydrogen (secondary N) is 1. The molecule has 1 aromatic carbocycles. The van der Waals surface area contributed by atoms with Crippen molar-refractivity contribution in [3.8, 4) is 11.8 Å². The number of benzene rings is 1. The van der Waals surface area contributed by atoms with Gasteiger partial charge in [-0.25, -0.2) is 0 Å². The predicted molar refractivity (Wildman–Crippen MR) is 54.9 cm³/mol. The van der Waals surface area contributed by atoms with E-state index in [0.717, 1.165) is 11.3 Å². The molecule has 0 aliphatic carbocycles. The minimum Gasteiger partial charge on any atom is -0.324 e. The molecule has 3 N–H and O–H groups in total. The first kappa shape index (κ1) is 9.11. The van der Waals surface area contributed by atoms with Gasteiger partial charge in [0.25, 0.3) is 0 Å². The van der Waals surface area contributed by atoms with Gasteiger partial charge in [-0.3, -0.25) is 5.84 Å². The standard InChI is InChI=1S/C9H9BrN2/c10-7-1-2-8-3-5-9(12-11)6-4-8/h3-6,12H,7,11H2. The highest BCUT2D eigenvalue weighted by atomic mass is 79.9. The van der Waals surface area contributed by atoms with Crippen molar-refractivity contribution < 1.29 is 0 Å². The second-order valence-electron chi connectivity index (χ2n) is 2.16. The van der Waals surface area contributed by atoms with Gasteiger partial charge in [0.1, 0.15) is 0 Å². The average Bonchev–Trinajstić information content (AvgIpc) is 2.15. The molecule has 0 heterocycles. The summed E-state index contributed by atoms with van der Waals surface area (Å²) in [5.41, 5.74) is 4.44. The zero-order valence-electron chi connectivity index (χ0n) is 6.47. The molecule has 3 heteroatoms. The van der Waals surface area contributed by atoms with Crippen LogP contribution in [0.3, 0.4) is 0 Å². The number of alkyl halides is 1. The summed E-state index contributed by atoms with van der Waals surface area (Å²) in [6.45, 7) is 0. The molecule has 0 saturated heterocycles. The number of nitrogen functional groups attached to an aromatic ring is 1. The third-order valence-corrected chi connectivity index (χ3v) is 1.63. The molecule has 0 aliphatic heterocycles. The Kier molecular flexibility index (Phi) is 3.65. The van der Waals surface area contributed by atoms with Gasteiger partial charge in [0.05, 0.1) is 5.33 Å². The number of anilines is 1. The molecule has 12 heavy (non-hydrogen) atoms. The Morgan fingerprint density at radius 1 is 1.33 bits per heavy atom. The monoisotopic (exact) mass is 224 g/mol. The number of rotatable bonds is 1. The minimum atomic E-state index is 0.698. The van der Waals surface area contributed by atoms with E-state index in [9.17, 15) is 0 Å². The molecule has 0 radical (unpaired) electrons. The van der Waals surface area contributed by atoms with Gasteiger partial charge < -0.3 is 5.43 Å². The molecule has 0 aromatic heterocycles. The lowest BCUT2D eigenvalue weighted by Gasteiger charge is -1.97. The third-order valence-electron chi connectivity index (χ3n) is 1.35. The quantitative estimate of drug-likeness (QED) is 0.330. The van der Waals surface area contributed by atoms with Crippen molar-refractivity contribution in [1.82, 2.24) is 0 Å². The van der Waals surface area contributed by atoms with Crippen LogP contribution in [0.15, 0.2) is 24.3 Å². The lowest BCUT2D eigenvalue weighted by atomic mass is 10.2. The summed E-state index contributed by atoms with van der Waals surface area (Å²) in [6, 6.07) is 7.62. The Hall–Kier alpha value is -0.980. The number of hydrogen-bond acceptors (Lipinski definition) is 2. The van der Waals surface area contributed by atoms with Crippen LogP contribution in [0.1, 0.15) is 5.56 Å². The van der Waals surface area contributed by atoms with Crippen molar-refractivity contribution in [3.05, 3.63) is 29.8 Å². The van der Waals surface area contributed by atoms with Crippen LogP contribution in [-0.2, 0) is 0 Å². The fraction of sp³-hybridized carbons (Fsp3) is 0.111. The lowest BCUT2D eigenvalue weighted by Crippen LogP contribution is -2.05. The Morgan fingerprint density at radius 2 is 2.00 bits per heavy atom. The molecule has 0 amide bonds. The van der Waals surface area contributed by atoms with E-state index in [2.05, 4.69) is 33.2 Å². The number of hydrogen-bond donors (Lipinski definition) is 2. The fourth-order valence-corrected chi connectivity index (χ4v) is 0.925. The molecule has 0 bridgehead atoms. The van der Waals surface area contributed by atoms with E-state index in [-0.39, 0.29) is 0 Å². The van der Waals surface area contributed by atoms with E-state index >= 15 is 0 Å². The van der Waals surface area contributed by atoms with Crippen LogP contribution in [0.2, 0.25) is 0 Å². The van der Waals surface area contributed by atoms with Gasteiger partial charge in [-0.1, -0.05) is 27.8 Å². The van der Waals surface area contributed by atoms with Crippen molar-refractivity contribution in [1.29, 1.82) is 0 Å². The SMILES string of the molecule is NNc1ccc(C#CCBr)cc1. The van der Waals surface area contributed by atoms with Crippen LogP contribution in [0.25, 0.3) is 0 Å². The summed E-state index contributed by atoms with van der Waals surface area (Å²) >= 11 is 3.23. The molecule has 1 rings (SSSR count). The normalized spacial score (nSPS) is 8.50.